The van der Waals surface area contributed by atoms with E-state index in [1.807, 2.05) is 0 Å². The Morgan fingerprint density at radius 3 is 2.90 bits per heavy atom. The van der Waals surface area contributed by atoms with Gasteiger partial charge in [0.15, 0.2) is 0 Å². The van der Waals surface area contributed by atoms with E-state index in [9.17, 15) is 10.1 Å². The molecule has 0 aliphatic heterocycles. The fourth-order valence-corrected chi connectivity index (χ4v) is 0.929. The first-order chi connectivity index (χ1) is 4.74. The van der Waals surface area contributed by atoms with E-state index < -0.39 is 4.92 Å². The topological polar surface area (TPSA) is 90.7 Å². The van der Waals surface area contributed by atoms with E-state index in [-0.39, 0.29) is 10.9 Å². The molecule has 0 spiro atoms. The average Bonchev–Trinajstić information content (AvgIpc) is 2.34. The standard InChI is InChI=1S/C3HN4O2S/c4-6-3-5-2(1-10-3)7(8)9/h1H. The molecule has 0 aliphatic carbocycles. The Hall–Kier alpha value is -1.37. The van der Waals surface area contributed by atoms with Gasteiger partial charge >= 0.3 is 10.9 Å². The minimum atomic E-state index is -0.648. The fourth-order valence-electron chi connectivity index (χ4n) is 0.386. The molecule has 0 saturated carbocycles. The molecule has 10 heavy (non-hydrogen) atoms. The third kappa shape index (κ3) is 1.13. The molecule has 0 aliphatic rings. The van der Waals surface area contributed by atoms with Gasteiger partial charge in [-0.15, -0.1) is 0 Å². The monoisotopic (exact) mass is 157 g/mol. The normalized spacial score (nSPS) is 9.20. The van der Waals surface area contributed by atoms with E-state index >= 15 is 0 Å². The van der Waals surface area contributed by atoms with Gasteiger partial charge in [0.25, 0.3) is 0 Å². The predicted octanol–water partition coefficient (Wildman–Crippen LogP) is 0.935. The summed E-state index contributed by atoms with van der Waals surface area (Å²) in [6.07, 6.45) is 0. The van der Waals surface area contributed by atoms with Crippen molar-refractivity contribution in [2.24, 2.45) is 5.11 Å². The molecule has 0 N–H and O–H groups in total. The molecular weight excluding hydrogens is 156 g/mol. The molecule has 0 bridgehead atoms. The van der Waals surface area contributed by atoms with Crippen LogP contribution in [0.1, 0.15) is 0 Å². The molecule has 1 aromatic rings. The highest BCUT2D eigenvalue weighted by Crippen LogP contribution is 2.22. The van der Waals surface area contributed by atoms with Gasteiger partial charge in [0, 0.05) is 0 Å². The molecule has 1 heterocycles. The molecule has 7 heteroatoms. The van der Waals surface area contributed by atoms with Crippen LogP contribution in [0.15, 0.2) is 10.5 Å². The Morgan fingerprint density at radius 1 is 1.90 bits per heavy atom. The van der Waals surface area contributed by atoms with Crippen molar-refractivity contribution in [1.82, 2.24) is 10.5 Å². The first-order valence-electron chi connectivity index (χ1n) is 2.19. The number of hydrogen-bond donors (Lipinski definition) is 0. The summed E-state index contributed by atoms with van der Waals surface area (Å²) in [6, 6.07) is 0. The lowest BCUT2D eigenvalue weighted by atomic mass is 10.8. The largest absolute Gasteiger partial charge is 0.377 e. The van der Waals surface area contributed by atoms with Gasteiger partial charge in [0.05, 0.1) is 5.38 Å². The molecular formula is C3HN4O2S. The maximum atomic E-state index is 9.96. The van der Waals surface area contributed by atoms with Crippen molar-refractivity contribution >= 4 is 22.3 Å². The molecule has 51 valence electrons. The molecule has 0 unspecified atom stereocenters. The van der Waals surface area contributed by atoms with Crippen LogP contribution in [0.25, 0.3) is 0 Å². The minimum absolute atomic E-state index is 0.00769. The Morgan fingerprint density at radius 2 is 2.60 bits per heavy atom. The lowest BCUT2D eigenvalue weighted by Gasteiger charge is -1.81. The number of thiazole rings is 1. The van der Waals surface area contributed by atoms with Gasteiger partial charge in [-0.1, -0.05) is 16.5 Å². The second-order valence-electron chi connectivity index (χ2n) is 1.35. The van der Waals surface area contributed by atoms with Gasteiger partial charge < -0.3 is 10.1 Å². The van der Waals surface area contributed by atoms with Crippen LogP contribution in [-0.4, -0.2) is 9.91 Å². The van der Waals surface area contributed by atoms with Crippen molar-refractivity contribution in [3.63, 3.8) is 0 Å². The summed E-state index contributed by atoms with van der Waals surface area (Å²) in [7, 11) is 0. The first-order valence-corrected chi connectivity index (χ1v) is 3.07. The van der Waals surface area contributed by atoms with Gasteiger partial charge in [0.1, 0.15) is 0 Å². The Balaban J connectivity index is 2.98. The average molecular weight is 157 g/mol. The highest BCUT2D eigenvalue weighted by molar-refractivity contribution is 7.13. The van der Waals surface area contributed by atoms with Crippen LogP contribution >= 0.6 is 11.3 Å². The second kappa shape index (κ2) is 2.48. The van der Waals surface area contributed by atoms with E-state index in [4.69, 9.17) is 5.53 Å². The van der Waals surface area contributed by atoms with Crippen molar-refractivity contribution in [3.05, 3.63) is 15.5 Å². The van der Waals surface area contributed by atoms with Crippen molar-refractivity contribution in [1.29, 1.82) is 0 Å². The summed E-state index contributed by atoms with van der Waals surface area (Å²) in [5.41, 5.74) is 8.08. The SMILES string of the molecule is [N]=Nc1nc([N+](=O)[O-])cs1. The number of aromatic nitrogens is 1. The molecule has 0 saturated heterocycles. The van der Waals surface area contributed by atoms with Crippen LogP contribution in [-0.2, 0) is 0 Å². The highest BCUT2D eigenvalue weighted by atomic mass is 32.1. The Kier molecular flexibility index (Phi) is 1.67. The zero-order valence-corrected chi connectivity index (χ0v) is 5.41. The van der Waals surface area contributed by atoms with Gasteiger partial charge in [0.2, 0.25) is 0 Å². The number of nitrogens with zero attached hydrogens (tertiary/aromatic N) is 4. The van der Waals surface area contributed by atoms with Crippen LogP contribution in [0.5, 0.6) is 0 Å². The van der Waals surface area contributed by atoms with Crippen LogP contribution < -0.4 is 5.53 Å². The molecule has 0 aromatic carbocycles. The van der Waals surface area contributed by atoms with Gasteiger partial charge in [-0.25, -0.2) is 0 Å². The van der Waals surface area contributed by atoms with Gasteiger partial charge in [-0.2, -0.15) is 0 Å². The third-order valence-electron chi connectivity index (χ3n) is 0.753. The predicted molar refractivity (Wildman–Crippen MR) is 33.0 cm³/mol. The molecule has 0 fully saturated rings. The molecule has 0 atom stereocenters. The number of nitro groups is 1. The van der Waals surface area contributed by atoms with E-state index in [1.54, 1.807) is 0 Å². The summed E-state index contributed by atoms with van der Waals surface area (Å²) in [5.74, 6) is -0.294. The van der Waals surface area contributed by atoms with E-state index in [2.05, 4.69) is 10.1 Å². The summed E-state index contributed by atoms with van der Waals surface area (Å²) in [5, 5.41) is 13.8. The smallest absolute Gasteiger partial charge is 0.358 e. The maximum absolute atomic E-state index is 9.96. The van der Waals surface area contributed by atoms with Crippen LogP contribution in [0.4, 0.5) is 10.9 Å². The Labute approximate surface area is 59.2 Å². The van der Waals surface area contributed by atoms with E-state index in [1.165, 1.54) is 5.38 Å². The molecule has 1 aromatic heterocycles. The van der Waals surface area contributed by atoms with Crippen LogP contribution in [0.3, 0.4) is 0 Å². The summed E-state index contributed by atoms with van der Waals surface area (Å²) in [4.78, 5) is 12.6. The van der Waals surface area contributed by atoms with Crippen molar-refractivity contribution < 1.29 is 4.92 Å². The van der Waals surface area contributed by atoms with Gasteiger partial charge in [-0.05, 0) is 15.4 Å². The van der Waals surface area contributed by atoms with Crippen molar-refractivity contribution in [3.8, 4) is 0 Å². The zero-order valence-electron chi connectivity index (χ0n) is 4.59. The summed E-state index contributed by atoms with van der Waals surface area (Å²) in [6.45, 7) is 0. The molecule has 1 rings (SSSR count). The maximum Gasteiger partial charge on any atom is 0.377 e. The van der Waals surface area contributed by atoms with E-state index in [0.29, 0.717) is 0 Å². The van der Waals surface area contributed by atoms with Crippen molar-refractivity contribution in [2.75, 3.05) is 0 Å². The summed E-state index contributed by atoms with van der Waals surface area (Å²) >= 11 is 0.908. The molecule has 6 nitrogen and oxygen atoms in total. The lowest BCUT2D eigenvalue weighted by Crippen LogP contribution is -1.85. The first kappa shape index (κ1) is 6.75. The van der Waals surface area contributed by atoms with Gasteiger partial charge in [-0.3, -0.25) is 0 Å². The van der Waals surface area contributed by atoms with Crippen LogP contribution in [0.2, 0.25) is 0 Å². The highest BCUT2D eigenvalue weighted by Gasteiger charge is 2.11. The number of rotatable bonds is 2. The second-order valence-corrected chi connectivity index (χ2v) is 2.18. The lowest BCUT2D eigenvalue weighted by molar-refractivity contribution is -0.389. The quantitative estimate of drug-likeness (QED) is 0.363. The third-order valence-corrected chi connectivity index (χ3v) is 1.46. The Bertz CT molecular complexity index is 269. The fraction of sp³-hybridized carbons (Fsp3) is 0. The molecule has 1 radical (unpaired) electrons. The minimum Gasteiger partial charge on any atom is -0.358 e. The van der Waals surface area contributed by atoms with E-state index in [0.717, 1.165) is 11.3 Å². The zero-order chi connectivity index (χ0) is 7.56. The number of hydrogen-bond acceptors (Lipinski definition) is 5. The van der Waals surface area contributed by atoms with Crippen LogP contribution in [0, 0.1) is 10.1 Å². The van der Waals surface area contributed by atoms with Crippen molar-refractivity contribution in [2.45, 2.75) is 0 Å². The molecule has 0 amide bonds. The summed E-state index contributed by atoms with van der Waals surface area (Å²) < 4.78 is 0.